The number of hydrogen-bond acceptors (Lipinski definition) is 4. The van der Waals surface area contributed by atoms with E-state index in [2.05, 4.69) is 20.9 Å². The number of nitrogens with one attached hydrogen (secondary N) is 1. The molecule has 0 saturated carbocycles. The van der Waals surface area contributed by atoms with Crippen LogP contribution in [0.3, 0.4) is 0 Å². The molecule has 0 radical (unpaired) electrons. The van der Waals surface area contributed by atoms with Gasteiger partial charge in [-0.25, -0.2) is 8.42 Å². The lowest BCUT2D eigenvalue weighted by molar-refractivity contribution is 0.0693. The fraction of sp³-hybridized carbons (Fsp3) is 0.462. The van der Waals surface area contributed by atoms with Gasteiger partial charge in [-0.3, -0.25) is 4.79 Å². The lowest BCUT2D eigenvalue weighted by atomic mass is 10.3. The summed E-state index contributed by atoms with van der Waals surface area (Å²) in [4.78, 5) is 17.1. The van der Waals surface area contributed by atoms with E-state index in [1.54, 1.807) is 24.0 Å². The monoisotopic (exact) mass is 389 g/mol. The molecule has 0 atom stereocenters. The molecule has 9 heteroatoms. The summed E-state index contributed by atoms with van der Waals surface area (Å²) in [6.07, 6.45) is 0. The van der Waals surface area contributed by atoms with Crippen LogP contribution in [-0.2, 0) is 10.0 Å². The summed E-state index contributed by atoms with van der Waals surface area (Å²) in [5.74, 6) is -0.0564. The second-order valence-corrected chi connectivity index (χ2v) is 8.14. The number of carbonyl (C=O) groups is 1. The van der Waals surface area contributed by atoms with Crippen LogP contribution in [0.15, 0.2) is 21.2 Å². The highest BCUT2D eigenvalue weighted by Gasteiger charge is 2.28. The first kappa shape index (κ1) is 15.6. The van der Waals surface area contributed by atoms with Crippen molar-refractivity contribution < 1.29 is 17.6 Å². The van der Waals surface area contributed by atoms with Gasteiger partial charge < -0.3 is 14.3 Å². The van der Waals surface area contributed by atoms with Crippen LogP contribution >= 0.6 is 15.9 Å². The maximum atomic E-state index is 12.5. The van der Waals surface area contributed by atoms with Crippen molar-refractivity contribution in [3.05, 3.63) is 22.5 Å². The Bertz CT molecular complexity index is 771. The molecular weight excluding hydrogens is 374 g/mol. The summed E-state index contributed by atoms with van der Waals surface area (Å²) >= 11 is 3.23. The van der Waals surface area contributed by atoms with Gasteiger partial charge in [0, 0.05) is 38.3 Å². The van der Waals surface area contributed by atoms with Crippen molar-refractivity contribution in [2.45, 2.75) is 6.92 Å². The molecule has 120 valence electrons. The van der Waals surface area contributed by atoms with E-state index >= 15 is 0 Å². The Morgan fingerprint density at radius 1 is 1.32 bits per heavy atom. The van der Waals surface area contributed by atoms with Gasteiger partial charge in [0.2, 0.25) is 10.0 Å². The zero-order valence-electron chi connectivity index (χ0n) is 12.0. The number of piperazine rings is 1. The van der Waals surface area contributed by atoms with Crippen LogP contribution in [0, 0.1) is 0 Å². The number of aromatic amines is 1. The fourth-order valence-electron chi connectivity index (χ4n) is 2.53. The van der Waals surface area contributed by atoms with Gasteiger partial charge in [-0.2, -0.15) is 4.31 Å². The van der Waals surface area contributed by atoms with E-state index in [1.165, 1.54) is 4.31 Å². The van der Waals surface area contributed by atoms with Gasteiger partial charge in [0.25, 0.3) is 5.91 Å². The summed E-state index contributed by atoms with van der Waals surface area (Å²) in [7, 11) is -3.18. The number of hydrogen-bond donors (Lipinski definition) is 1. The lowest BCUT2D eigenvalue weighted by Gasteiger charge is -2.33. The number of nitrogens with zero attached hydrogens (tertiary/aromatic N) is 2. The Morgan fingerprint density at radius 2 is 2.00 bits per heavy atom. The average Bonchev–Trinajstić information content (AvgIpc) is 3.04. The molecule has 1 aliphatic rings. The largest absolute Gasteiger partial charge is 0.448 e. The Balaban J connectivity index is 1.70. The van der Waals surface area contributed by atoms with Gasteiger partial charge >= 0.3 is 0 Å². The van der Waals surface area contributed by atoms with E-state index < -0.39 is 10.0 Å². The minimum atomic E-state index is -3.18. The van der Waals surface area contributed by atoms with Gasteiger partial charge in [0.1, 0.15) is 5.69 Å². The Kier molecular flexibility index (Phi) is 4.04. The number of halogens is 1. The number of fused-ring (bicyclic) bond motifs is 1. The fourth-order valence-corrected chi connectivity index (χ4v) is 4.02. The van der Waals surface area contributed by atoms with Gasteiger partial charge in [-0.05, 0) is 22.9 Å². The Morgan fingerprint density at radius 3 is 2.59 bits per heavy atom. The molecule has 0 unspecified atom stereocenters. The second-order valence-electron chi connectivity index (χ2n) is 5.10. The SMILES string of the molecule is CCS(=O)(=O)N1CCN(C(=O)c2cc3oc(Br)cc3[nH]2)CC1. The zero-order chi connectivity index (χ0) is 15.9. The first-order valence-corrected chi connectivity index (χ1v) is 9.36. The first-order valence-electron chi connectivity index (χ1n) is 6.96. The van der Waals surface area contributed by atoms with Crippen molar-refractivity contribution in [2.75, 3.05) is 31.9 Å². The molecule has 0 spiro atoms. The number of rotatable bonds is 3. The van der Waals surface area contributed by atoms with E-state index in [-0.39, 0.29) is 11.7 Å². The number of sulfonamides is 1. The molecule has 0 bridgehead atoms. The molecule has 7 nitrogen and oxygen atoms in total. The molecule has 2 aromatic rings. The highest BCUT2D eigenvalue weighted by atomic mass is 79.9. The maximum Gasteiger partial charge on any atom is 0.270 e. The van der Waals surface area contributed by atoms with E-state index in [0.29, 0.717) is 42.1 Å². The second kappa shape index (κ2) is 5.71. The van der Waals surface area contributed by atoms with Gasteiger partial charge in [-0.1, -0.05) is 0 Å². The smallest absolute Gasteiger partial charge is 0.270 e. The van der Waals surface area contributed by atoms with Crippen molar-refractivity contribution in [1.29, 1.82) is 0 Å². The topological polar surface area (TPSA) is 86.6 Å². The van der Waals surface area contributed by atoms with E-state index in [1.807, 2.05) is 0 Å². The first-order chi connectivity index (χ1) is 10.4. The Labute approximate surface area is 136 Å². The van der Waals surface area contributed by atoms with Crippen molar-refractivity contribution in [1.82, 2.24) is 14.2 Å². The van der Waals surface area contributed by atoms with E-state index in [9.17, 15) is 13.2 Å². The highest BCUT2D eigenvalue weighted by molar-refractivity contribution is 9.10. The van der Waals surface area contributed by atoms with Crippen LogP contribution in [0.25, 0.3) is 11.1 Å². The molecule has 1 aliphatic heterocycles. The normalized spacial score (nSPS) is 17.3. The molecule has 3 rings (SSSR count). The van der Waals surface area contributed by atoms with Gasteiger partial charge in [-0.15, -0.1) is 0 Å². The van der Waals surface area contributed by atoms with E-state index in [4.69, 9.17) is 4.42 Å². The molecule has 1 amide bonds. The van der Waals surface area contributed by atoms with Crippen LogP contribution in [0.2, 0.25) is 0 Å². The minimum Gasteiger partial charge on any atom is -0.448 e. The van der Waals surface area contributed by atoms with Crippen LogP contribution in [0.1, 0.15) is 17.4 Å². The van der Waals surface area contributed by atoms with Gasteiger partial charge in [0.15, 0.2) is 10.3 Å². The molecule has 0 aliphatic carbocycles. The average molecular weight is 390 g/mol. The minimum absolute atomic E-state index is 0.0862. The quantitative estimate of drug-likeness (QED) is 0.863. The number of carbonyl (C=O) groups excluding carboxylic acids is 1. The molecule has 1 fully saturated rings. The van der Waals surface area contributed by atoms with Crippen LogP contribution in [-0.4, -0.2) is 60.4 Å². The molecular formula is C13H16BrN3O4S. The maximum absolute atomic E-state index is 12.5. The lowest BCUT2D eigenvalue weighted by Crippen LogP contribution is -2.50. The summed E-state index contributed by atoms with van der Waals surface area (Å²) in [6.45, 7) is 3.08. The van der Waals surface area contributed by atoms with Crippen molar-refractivity contribution in [3.63, 3.8) is 0 Å². The summed E-state index contributed by atoms with van der Waals surface area (Å²) in [5.41, 5.74) is 1.82. The molecule has 1 N–H and O–H groups in total. The van der Waals surface area contributed by atoms with Crippen LogP contribution < -0.4 is 0 Å². The van der Waals surface area contributed by atoms with E-state index in [0.717, 1.165) is 5.52 Å². The number of aromatic nitrogens is 1. The van der Waals surface area contributed by atoms with Crippen molar-refractivity contribution in [2.24, 2.45) is 0 Å². The molecule has 0 aromatic carbocycles. The number of H-pyrrole nitrogens is 1. The van der Waals surface area contributed by atoms with Crippen LogP contribution in [0.5, 0.6) is 0 Å². The standard InChI is InChI=1S/C13H16BrN3O4S/c1-2-22(19,20)17-5-3-16(4-6-17)13(18)10-7-11-9(15-10)8-12(14)21-11/h7-8,15H,2-6H2,1H3. The molecule has 22 heavy (non-hydrogen) atoms. The third-order valence-corrected chi connectivity index (χ3v) is 6.06. The Hall–Kier alpha value is -1.32. The molecule has 3 heterocycles. The van der Waals surface area contributed by atoms with Crippen LogP contribution in [0.4, 0.5) is 0 Å². The summed E-state index contributed by atoms with van der Waals surface area (Å²) < 4.78 is 31.1. The third kappa shape index (κ3) is 2.80. The predicted octanol–water partition coefficient (Wildman–Crippen LogP) is 1.63. The molecule has 2 aromatic heterocycles. The highest BCUT2D eigenvalue weighted by Crippen LogP contribution is 2.24. The predicted molar refractivity (Wildman–Crippen MR) is 85.2 cm³/mol. The molecule has 1 saturated heterocycles. The number of furan rings is 1. The zero-order valence-corrected chi connectivity index (χ0v) is 14.4. The third-order valence-electron chi connectivity index (χ3n) is 3.79. The summed E-state index contributed by atoms with van der Waals surface area (Å²) in [5, 5.41) is 0. The number of amides is 1. The van der Waals surface area contributed by atoms with Gasteiger partial charge in [0.05, 0.1) is 11.3 Å². The summed E-state index contributed by atoms with van der Waals surface area (Å²) in [6, 6.07) is 3.43. The van der Waals surface area contributed by atoms with Crippen molar-refractivity contribution in [3.8, 4) is 0 Å². The van der Waals surface area contributed by atoms with Crippen molar-refractivity contribution >= 4 is 43.0 Å².